The molecule has 1 heterocycles. The Labute approximate surface area is 120 Å². The second kappa shape index (κ2) is 7.29. The zero-order chi connectivity index (χ0) is 14.4. The van der Waals surface area contributed by atoms with Crippen LogP contribution in [0.15, 0.2) is 24.3 Å². The number of nitrogens with two attached hydrogens (primary N) is 1. The van der Waals surface area contributed by atoms with E-state index in [1.807, 2.05) is 12.1 Å². The van der Waals surface area contributed by atoms with Crippen molar-refractivity contribution in [2.45, 2.75) is 32.1 Å². The minimum absolute atomic E-state index is 0.137. The summed E-state index contributed by atoms with van der Waals surface area (Å²) in [4.78, 5) is 14.0. The van der Waals surface area contributed by atoms with Crippen LogP contribution in [0.25, 0.3) is 0 Å². The number of carbonyl (C=O) groups excluding carboxylic acids is 1. The van der Waals surface area contributed by atoms with Gasteiger partial charge < -0.3 is 15.4 Å². The Morgan fingerprint density at radius 3 is 3.00 bits per heavy atom. The highest BCUT2D eigenvalue weighted by atomic mass is 16.5. The zero-order valence-electron chi connectivity index (χ0n) is 12.2. The standard InChI is InChI=1S/C16H24N2O2/c1-2-3-10-20-16(19)12-18-11-13(8-9-17)14-6-4-5-7-15(14)18/h4-7,13H,2-3,8-12,17H2,1H3. The predicted octanol–water partition coefficient (Wildman–Crippen LogP) is 2.28. The zero-order valence-corrected chi connectivity index (χ0v) is 12.2. The van der Waals surface area contributed by atoms with Crippen LogP contribution in [-0.2, 0) is 9.53 Å². The van der Waals surface area contributed by atoms with Crippen molar-refractivity contribution in [1.82, 2.24) is 0 Å². The monoisotopic (exact) mass is 276 g/mol. The number of anilines is 1. The van der Waals surface area contributed by atoms with Gasteiger partial charge in [0.25, 0.3) is 0 Å². The number of nitrogens with zero attached hydrogens (tertiary/aromatic N) is 1. The number of para-hydroxylation sites is 1. The van der Waals surface area contributed by atoms with Gasteiger partial charge in [-0.05, 0) is 31.0 Å². The molecule has 0 saturated heterocycles. The van der Waals surface area contributed by atoms with Crippen LogP contribution < -0.4 is 10.6 Å². The van der Waals surface area contributed by atoms with Gasteiger partial charge in [-0.2, -0.15) is 0 Å². The van der Waals surface area contributed by atoms with Gasteiger partial charge in [0.1, 0.15) is 6.54 Å². The minimum Gasteiger partial charge on any atom is -0.464 e. The Hall–Kier alpha value is -1.55. The highest BCUT2D eigenvalue weighted by Gasteiger charge is 2.28. The maximum Gasteiger partial charge on any atom is 0.325 e. The first kappa shape index (κ1) is 14.9. The number of hydrogen-bond donors (Lipinski definition) is 1. The van der Waals surface area contributed by atoms with Crippen molar-refractivity contribution in [3.05, 3.63) is 29.8 Å². The molecule has 1 aromatic rings. The molecule has 1 aliphatic rings. The molecule has 1 atom stereocenters. The quantitative estimate of drug-likeness (QED) is 0.613. The van der Waals surface area contributed by atoms with Crippen molar-refractivity contribution in [2.24, 2.45) is 5.73 Å². The second-order valence-electron chi connectivity index (χ2n) is 5.29. The number of unbranched alkanes of at least 4 members (excludes halogenated alkanes) is 1. The lowest BCUT2D eigenvalue weighted by Crippen LogP contribution is -2.30. The molecule has 0 amide bonds. The SMILES string of the molecule is CCCCOC(=O)CN1CC(CCN)c2ccccc21. The number of hydrogen-bond acceptors (Lipinski definition) is 4. The molecule has 110 valence electrons. The molecule has 20 heavy (non-hydrogen) atoms. The first-order valence-electron chi connectivity index (χ1n) is 7.45. The fourth-order valence-electron chi connectivity index (χ4n) is 2.71. The maximum atomic E-state index is 11.9. The second-order valence-corrected chi connectivity index (χ2v) is 5.29. The van der Waals surface area contributed by atoms with Crippen molar-refractivity contribution in [2.75, 3.05) is 31.1 Å². The molecule has 2 N–H and O–H groups in total. The van der Waals surface area contributed by atoms with Crippen LogP contribution in [0.1, 0.15) is 37.7 Å². The number of fused-ring (bicyclic) bond motifs is 1. The molecule has 0 fully saturated rings. The molecule has 0 radical (unpaired) electrons. The summed E-state index contributed by atoms with van der Waals surface area (Å²) < 4.78 is 5.25. The van der Waals surface area contributed by atoms with Crippen LogP contribution in [0.4, 0.5) is 5.69 Å². The first-order valence-corrected chi connectivity index (χ1v) is 7.45. The van der Waals surface area contributed by atoms with Gasteiger partial charge in [0.05, 0.1) is 6.61 Å². The van der Waals surface area contributed by atoms with Gasteiger partial charge in [0, 0.05) is 18.2 Å². The molecule has 0 aromatic heterocycles. The van der Waals surface area contributed by atoms with Crippen molar-refractivity contribution in [1.29, 1.82) is 0 Å². The van der Waals surface area contributed by atoms with Gasteiger partial charge >= 0.3 is 5.97 Å². The van der Waals surface area contributed by atoms with E-state index in [0.29, 0.717) is 25.6 Å². The molecule has 0 aliphatic carbocycles. The van der Waals surface area contributed by atoms with E-state index in [1.165, 1.54) is 5.56 Å². The van der Waals surface area contributed by atoms with Gasteiger partial charge in [-0.3, -0.25) is 4.79 Å². The summed E-state index contributed by atoms with van der Waals surface area (Å²) in [7, 11) is 0. The molecule has 4 nitrogen and oxygen atoms in total. The van der Waals surface area contributed by atoms with E-state index in [1.54, 1.807) is 0 Å². The highest BCUT2D eigenvalue weighted by Crippen LogP contribution is 2.37. The lowest BCUT2D eigenvalue weighted by atomic mass is 9.98. The van der Waals surface area contributed by atoms with E-state index < -0.39 is 0 Å². The summed E-state index contributed by atoms with van der Waals surface area (Å²) in [6, 6.07) is 8.27. The number of esters is 1. The van der Waals surface area contributed by atoms with Crippen molar-refractivity contribution in [3.8, 4) is 0 Å². The van der Waals surface area contributed by atoms with E-state index >= 15 is 0 Å². The van der Waals surface area contributed by atoms with E-state index in [9.17, 15) is 4.79 Å². The molecule has 1 unspecified atom stereocenters. The van der Waals surface area contributed by atoms with Crippen LogP contribution in [-0.4, -0.2) is 32.2 Å². The number of carbonyl (C=O) groups is 1. The summed E-state index contributed by atoms with van der Waals surface area (Å²) >= 11 is 0. The fourth-order valence-corrected chi connectivity index (χ4v) is 2.71. The lowest BCUT2D eigenvalue weighted by Gasteiger charge is -2.18. The summed E-state index contributed by atoms with van der Waals surface area (Å²) in [6.07, 6.45) is 2.93. The smallest absolute Gasteiger partial charge is 0.325 e. The first-order chi connectivity index (χ1) is 9.76. The normalized spacial score (nSPS) is 17.1. The van der Waals surface area contributed by atoms with E-state index in [4.69, 9.17) is 10.5 Å². The highest BCUT2D eigenvalue weighted by molar-refractivity contribution is 5.77. The van der Waals surface area contributed by atoms with Gasteiger partial charge in [0.15, 0.2) is 0 Å². The Balaban J connectivity index is 1.98. The van der Waals surface area contributed by atoms with E-state index in [-0.39, 0.29) is 5.97 Å². The third-order valence-electron chi connectivity index (χ3n) is 3.75. The van der Waals surface area contributed by atoms with Gasteiger partial charge in [-0.25, -0.2) is 0 Å². The molecular formula is C16H24N2O2. The van der Waals surface area contributed by atoms with Crippen LogP contribution in [0.3, 0.4) is 0 Å². The maximum absolute atomic E-state index is 11.9. The predicted molar refractivity (Wildman–Crippen MR) is 80.9 cm³/mol. The minimum atomic E-state index is -0.137. The van der Waals surface area contributed by atoms with Gasteiger partial charge in [-0.1, -0.05) is 31.5 Å². The molecule has 1 aromatic carbocycles. The molecule has 0 saturated carbocycles. The molecule has 1 aliphatic heterocycles. The molecule has 2 rings (SSSR count). The Bertz CT molecular complexity index is 448. The molecule has 4 heteroatoms. The molecule has 0 bridgehead atoms. The van der Waals surface area contributed by atoms with Crippen LogP contribution in [0.5, 0.6) is 0 Å². The topological polar surface area (TPSA) is 55.6 Å². The largest absolute Gasteiger partial charge is 0.464 e. The van der Waals surface area contributed by atoms with Crippen molar-refractivity contribution < 1.29 is 9.53 Å². The lowest BCUT2D eigenvalue weighted by molar-refractivity contribution is -0.142. The van der Waals surface area contributed by atoms with E-state index in [2.05, 4.69) is 24.0 Å². The Morgan fingerprint density at radius 1 is 1.45 bits per heavy atom. The third-order valence-corrected chi connectivity index (χ3v) is 3.75. The average molecular weight is 276 g/mol. The summed E-state index contributed by atoms with van der Waals surface area (Å²) in [5, 5.41) is 0. The van der Waals surface area contributed by atoms with Gasteiger partial charge in [-0.15, -0.1) is 0 Å². The number of ether oxygens (including phenoxy) is 1. The van der Waals surface area contributed by atoms with Crippen LogP contribution >= 0.6 is 0 Å². The average Bonchev–Trinajstić information content (AvgIpc) is 2.78. The third kappa shape index (κ3) is 3.51. The van der Waals surface area contributed by atoms with Crippen molar-refractivity contribution >= 4 is 11.7 Å². The fraction of sp³-hybridized carbons (Fsp3) is 0.562. The van der Waals surface area contributed by atoms with Crippen LogP contribution in [0, 0.1) is 0 Å². The number of benzene rings is 1. The summed E-state index contributed by atoms with van der Waals surface area (Å²) in [6.45, 7) is 4.48. The summed E-state index contributed by atoms with van der Waals surface area (Å²) in [5.41, 5.74) is 8.14. The molecule has 0 spiro atoms. The number of rotatable bonds is 7. The van der Waals surface area contributed by atoms with Crippen molar-refractivity contribution in [3.63, 3.8) is 0 Å². The molecular weight excluding hydrogens is 252 g/mol. The Morgan fingerprint density at radius 2 is 2.25 bits per heavy atom. The van der Waals surface area contributed by atoms with E-state index in [0.717, 1.165) is 31.5 Å². The van der Waals surface area contributed by atoms with Gasteiger partial charge in [0.2, 0.25) is 0 Å². The Kier molecular flexibility index (Phi) is 5.41. The summed E-state index contributed by atoms with van der Waals surface area (Å²) in [5.74, 6) is 0.293. The van der Waals surface area contributed by atoms with Crippen LogP contribution in [0.2, 0.25) is 0 Å².